The average molecular weight is 549 g/mol. The van der Waals surface area contributed by atoms with E-state index in [4.69, 9.17) is 53.8 Å². The third-order valence-electron chi connectivity index (χ3n) is 5.44. The zero-order valence-electron chi connectivity index (χ0n) is 22.3. The fraction of sp³-hybridized carbons (Fsp3) is 1.00. The Balaban J connectivity index is 4.73. The summed E-state index contributed by atoms with van der Waals surface area (Å²) in [6.45, 7) is 1.15. The van der Waals surface area contributed by atoms with Gasteiger partial charge in [0.2, 0.25) is 0 Å². The van der Waals surface area contributed by atoms with Gasteiger partial charge in [-0.2, -0.15) is 0 Å². The minimum absolute atomic E-state index is 0.384. The first-order chi connectivity index (χ1) is 16.3. The summed E-state index contributed by atoms with van der Waals surface area (Å²) in [7, 11) is 5.46. The minimum Gasteiger partial charge on any atom is -0.386 e. The Morgan fingerprint density at radius 2 is 0.588 bits per heavy atom. The molecule has 0 N–H and O–H groups in total. The highest BCUT2D eigenvalue weighted by Crippen LogP contribution is 2.18. The van der Waals surface area contributed by atoms with Gasteiger partial charge < -0.3 is 53.8 Å². The highest BCUT2D eigenvalue weighted by molar-refractivity contribution is 6.61. The number of hydrogen-bond donors (Lipinski definition) is 0. The van der Waals surface area contributed by atoms with Crippen LogP contribution in [0.5, 0.6) is 0 Å². The van der Waals surface area contributed by atoms with Crippen LogP contribution >= 0.6 is 0 Å². The summed E-state index contributed by atoms with van der Waals surface area (Å²) in [6, 6.07) is 1.82. The largest absolute Gasteiger partial charge is 0.639 e. The van der Waals surface area contributed by atoms with Crippen LogP contribution in [0.15, 0.2) is 0 Å². The zero-order valence-corrected chi connectivity index (χ0v) is 25.3. The van der Waals surface area contributed by atoms with Crippen LogP contribution in [0.4, 0.5) is 0 Å². The van der Waals surface area contributed by atoms with Crippen LogP contribution in [-0.4, -0.2) is 118 Å². The molecule has 0 aromatic carbocycles. The van der Waals surface area contributed by atoms with E-state index in [0.29, 0.717) is 57.2 Å². The standard InChI is InChI=1S/C18H45BO12Si3/c1-20-32(21-2,22-3)16-10-13-29-19(30-14-11-17-33(23-4,24-5)25-6)31-15-12-18-34(26-7,27-8)28-9/h10-18H2,1-9H3. The van der Waals surface area contributed by atoms with E-state index >= 15 is 0 Å². The van der Waals surface area contributed by atoms with Crippen molar-refractivity contribution in [3.05, 3.63) is 0 Å². The van der Waals surface area contributed by atoms with E-state index in [1.807, 2.05) is 0 Å². The van der Waals surface area contributed by atoms with Crippen molar-refractivity contribution in [1.82, 2.24) is 0 Å². The topological polar surface area (TPSA) is 111 Å². The lowest BCUT2D eigenvalue weighted by molar-refractivity contribution is 0.0816. The SMILES string of the molecule is CO[Si](CCCOB(OCCC[Si](OC)(OC)OC)OCCC[Si](OC)(OC)OC)(OC)OC. The first-order valence-corrected chi connectivity index (χ1v) is 16.9. The second-order valence-electron chi connectivity index (χ2n) is 7.10. The third kappa shape index (κ3) is 12.0. The van der Waals surface area contributed by atoms with Gasteiger partial charge >= 0.3 is 33.7 Å². The summed E-state index contributed by atoms with van der Waals surface area (Å²) in [5.74, 6) is 0. The van der Waals surface area contributed by atoms with Gasteiger partial charge in [-0.15, -0.1) is 0 Å². The lowest BCUT2D eigenvalue weighted by Gasteiger charge is -2.25. The second-order valence-corrected chi connectivity index (χ2v) is 16.4. The van der Waals surface area contributed by atoms with Gasteiger partial charge in [-0.05, 0) is 19.3 Å². The molecule has 0 unspecified atom stereocenters. The smallest absolute Gasteiger partial charge is 0.386 e. The summed E-state index contributed by atoms with van der Waals surface area (Å²) in [5.41, 5.74) is 0. The van der Waals surface area contributed by atoms with Gasteiger partial charge in [0.05, 0.1) is 0 Å². The van der Waals surface area contributed by atoms with Gasteiger partial charge in [-0.3, -0.25) is 0 Å². The predicted molar refractivity (Wildman–Crippen MR) is 132 cm³/mol. The van der Waals surface area contributed by atoms with Crippen LogP contribution in [0.3, 0.4) is 0 Å². The zero-order chi connectivity index (χ0) is 25.9. The molecule has 0 fully saturated rings. The molecule has 0 aliphatic carbocycles. The van der Waals surface area contributed by atoms with Crippen molar-refractivity contribution >= 4 is 33.7 Å². The summed E-state index contributed by atoms with van der Waals surface area (Å²) >= 11 is 0. The molecule has 0 atom stereocenters. The second kappa shape index (κ2) is 19.4. The van der Waals surface area contributed by atoms with Crippen molar-refractivity contribution in [3.63, 3.8) is 0 Å². The molecule has 16 heteroatoms. The van der Waals surface area contributed by atoms with Crippen molar-refractivity contribution in [2.45, 2.75) is 37.4 Å². The molecule has 0 saturated carbocycles. The van der Waals surface area contributed by atoms with E-state index in [0.717, 1.165) is 0 Å². The van der Waals surface area contributed by atoms with Crippen molar-refractivity contribution < 1.29 is 53.8 Å². The predicted octanol–water partition coefficient (Wildman–Crippen LogP) is 1.83. The van der Waals surface area contributed by atoms with E-state index < -0.39 is 33.7 Å². The van der Waals surface area contributed by atoms with Gasteiger partial charge in [0.25, 0.3) is 0 Å². The molecule has 0 radical (unpaired) electrons. The Kier molecular flexibility index (Phi) is 19.5. The lowest BCUT2D eigenvalue weighted by Crippen LogP contribution is -2.43. The molecule has 0 rings (SSSR count). The van der Waals surface area contributed by atoms with Crippen molar-refractivity contribution in [2.24, 2.45) is 0 Å². The van der Waals surface area contributed by atoms with Crippen LogP contribution in [0, 0.1) is 0 Å². The molecule has 0 bridgehead atoms. The molecular weight excluding hydrogens is 503 g/mol. The average Bonchev–Trinajstić information content (AvgIpc) is 2.89. The third-order valence-corrected chi connectivity index (χ3v) is 13.9. The molecule has 0 aliphatic heterocycles. The summed E-state index contributed by atoms with van der Waals surface area (Å²) in [4.78, 5) is 0. The molecule has 0 aromatic heterocycles. The molecule has 0 amide bonds. The quantitative estimate of drug-likeness (QED) is 0.130. The van der Waals surface area contributed by atoms with Gasteiger partial charge in [-0.1, -0.05) is 0 Å². The Bertz CT molecular complexity index is 394. The molecule has 204 valence electrons. The van der Waals surface area contributed by atoms with Crippen LogP contribution in [0.25, 0.3) is 0 Å². The molecule has 0 spiro atoms. The van der Waals surface area contributed by atoms with Crippen LogP contribution in [0.2, 0.25) is 18.1 Å². The first-order valence-electron chi connectivity index (χ1n) is 11.1. The van der Waals surface area contributed by atoms with E-state index in [1.165, 1.54) is 0 Å². The van der Waals surface area contributed by atoms with E-state index in [1.54, 1.807) is 64.0 Å². The van der Waals surface area contributed by atoms with Gasteiger partial charge in [0.1, 0.15) is 0 Å². The van der Waals surface area contributed by atoms with Crippen LogP contribution < -0.4 is 0 Å². The molecule has 34 heavy (non-hydrogen) atoms. The van der Waals surface area contributed by atoms with Gasteiger partial charge in [0.15, 0.2) is 0 Å². The van der Waals surface area contributed by atoms with Crippen LogP contribution in [0.1, 0.15) is 19.3 Å². The maximum Gasteiger partial charge on any atom is 0.639 e. The van der Waals surface area contributed by atoms with Gasteiger partial charge in [0, 0.05) is 102 Å². The monoisotopic (exact) mass is 548 g/mol. The fourth-order valence-corrected chi connectivity index (χ4v) is 8.29. The summed E-state index contributed by atoms with van der Waals surface area (Å²) in [5, 5.41) is 0. The Hall–Kier alpha value is 0.236. The highest BCUT2D eigenvalue weighted by Gasteiger charge is 2.39. The van der Waals surface area contributed by atoms with Gasteiger partial charge in [-0.25, -0.2) is 0 Å². The minimum atomic E-state index is -2.66. The Morgan fingerprint density at radius 1 is 0.382 bits per heavy atom. The number of hydrogen-bond acceptors (Lipinski definition) is 12. The van der Waals surface area contributed by atoms with Crippen molar-refractivity contribution in [1.29, 1.82) is 0 Å². The fourth-order valence-electron chi connectivity index (χ4n) is 3.22. The summed E-state index contributed by atoms with van der Waals surface area (Å²) < 4.78 is 66.5. The molecule has 0 aliphatic rings. The molecule has 0 aromatic rings. The van der Waals surface area contributed by atoms with Crippen LogP contribution in [-0.2, 0) is 53.8 Å². The normalized spacial score (nSPS) is 13.0. The Morgan fingerprint density at radius 3 is 0.765 bits per heavy atom. The Labute approximate surface area is 208 Å². The lowest BCUT2D eigenvalue weighted by atomic mass is 10.2. The maximum absolute atomic E-state index is 5.84. The number of rotatable bonds is 24. The summed E-state index contributed by atoms with van der Waals surface area (Å²) in [6.07, 6.45) is 1.97. The maximum atomic E-state index is 5.84. The molecule has 12 nitrogen and oxygen atoms in total. The van der Waals surface area contributed by atoms with Crippen molar-refractivity contribution in [2.75, 3.05) is 83.8 Å². The van der Waals surface area contributed by atoms with E-state index in [-0.39, 0.29) is 0 Å². The van der Waals surface area contributed by atoms with Crippen molar-refractivity contribution in [3.8, 4) is 0 Å². The first kappa shape index (κ1) is 34.2. The molecular formula is C18H45BO12Si3. The molecule has 0 saturated heterocycles. The molecule has 0 heterocycles. The van der Waals surface area contributed by atoms with E-state index in [2.05, 4.69) is 0 Å². The van der Waals surface area contributed by atoms with E-state index in [9.17, 15) is 0 Å². The highest BCUT2D eigenvalue weighted by atomic mass is 28.4.